The third-order valence-electron chi connectivity index (χ3n) is 6.10. The first kappa shape index (κ1) is 24.0. The minimum absolute atomic E-state index is 0.129. The first-order valence-corrected chi connectivity index (χ1v) is 10.9. The Hall–Kier alpha value is -1.24. The Kier molecular flexibility index (Phi) is 9.31. The Labute approximate surface area is 175 Å². The largest absolute Gasteiger partial charge is 0.463 e. The molecule has 6 heteroatoms. The number of rotatable bonds is 12. The highest BCUT2D eigenvalue weighted by atomic mass is 16.7. The lowest BCUT2D eigenvalue weighted by Crippen LogP contribution is -2.36. The molecule has 1 aliphatic carbocycles. The summed E-state index contributed by atoms with van der Waals surface area (Å²) in [6.07, 6.45) is 11.5. The van der Waals surface area contributed by atoms with Crippen LogP contribution in [0.2, 0.25) is 0 Å². The molecule has 29 heavy (non-hydrogen) atoms. The first-order chi connectivity index (χ1) is 13.8. The molecular weight excluding hydrogens is 372 g/mol. The summed E-state index contributed by atoms with van der Waals surface area (Å²) < 4.78 is 21.9. The molecule has 2 aliphatic rings. The van der Waals surface area contributed by atoms with E-state index in [4.69, 9.17) is 14.2 Å². The summed E-state index contributed by atoms with van der Waals surface area (Å²) in [4.78, 5) is 22.8. The maximum atomic E-state index is 11.6. The van der Waals surface area contributed by atoms with Gasteiger partial charge in [-0.1, -0.05) is 38.8 Å². The smallest absolute Gasteiger partial charge is 0.374 e. The lowest BCUT2D eigenvalue weighted by atomic mass is 9.85. The number of methoxy groups -OCH3 is 2. The first-order valence-electron chi connectivity index (χ1n) is 10.9. The van der Waals surface area contributed by atoms with E-state index in [-0.39, 0.29) is 11.8 Å². The van der Waals surface area contributed by atoms with Crippen molar-refractivity contribution in [1.29, 1.82) is 0 Å². The summed E-state index contributed by atoms with van der Waals surface area (Å²) in [7, 11) is 2.99. The Balaban J connectivity index is 1.86. The second kappa shape index (κ2) is 11.2. The number of hydrogen-bond acceptors (Lipinski definition) is 6. The molecule has 0 amide bonds. The monoisotopic (exact) mass is 410 g/mol. The quantitative estimate of drug-likeness (QED) is 0.209. The van der Waals surface area contributed by atoms with E-state index in [2.05, 4.69) is 30.7 Å². The van der Waals surface area contributed by atoms with Crippen LogP contribution in [0.1, 0.15) is 65.2 Å². The summed E-state index contributed by atoms with van der Waals surface area (Å²) in [5, 5.41) is 0. The van der Waals surface area contributed by atoms with E-state index in [9.17, 15) is 9.59 Å². The Morgan fingerprint density at radius 2 is 1.86 bits per heavy atom. The number of Topliss-reactive ketones (excluding diaryl/α,β-unsaturated/α-hetero) is 1. The van der Waals surface area contributed by atoms with Crippen molar-refractivity contribution < 1.29 is 28.5 Å². The van der Waals surface area contributed by atoms with Crippen LogP contribution in [0.5, 0.6) is 0 Å². The number of ether oxygens (including phenoxy) is 4. The van der Waals surface area contributed by atoms with Gasteiger partial charge in [-0.25, -0.2) is 4.79 Å². The molecular formula is C23H38O6. The normalized spacial score (nSPS) is 23.9. The summed E-state index contributed by atoms with van der Waals surface area (Å²) in [6.45, 7) is 6.51. The zero-order valence-corrected chi connectivity index (χ0v) is 18.5. The molecule has 0 aromatic carbocycles. The Bertz CT molecular complexity index is 562. The maximum absolute atomic E-state index is 11.6. The lowest BCUT2D eigenvalue weighted by molar-refractivity contribution is -0.186. The van der Waals surface area contributed by atoms with Gasteiger partial charge in [0.1, 0.15) is 0 Å². The van der Waals surface area contributed by atoms with Gasteiger partial charge in [-0.05, 0) is 37.0 Å². The molecule has 0 radical (unpaired) electrons. The molecule has 2 atom stereocenters. The molecule has 2 fully saturated rings. The third-order valence-corrected chi connectivity index (χ3v) is 6.10. The predicted octanol–water partition coefficient (Wildman–Crippen LogP) is 4.07. The van der Waals surface area contributed by atoms with Crippen LogP contribution in [0, 0.1) is 17.3 Å². The molecule has 1 saturated carbocycles. The fourth-order valence-corrected chi connectivity index (χ4v) is 4.63. The van der Waals surface area contributed by atoms with E-state index in [1.165, 1.54) is 7.11 Å². The minimum Gasteiger partial charge on any atom is -0.463 e. The molecule has 1 aliphatic heterocycles. The molecule has 0 unspecified atom stereocenters. The van der Waals surface area contributed by atoms with Gasteiger partial charge in [-0.2, -0.15) is 0 Å². The molecule has 0 aromatic rings. The zero-order valence-electron chi connectivity index (χ0n) is 18.5. The van der Waals surface area contributed by atoms with Gasteiger partial charge in [0, 0.05) is 25.9 Å². The molecule has 0 N–H and O–H groups in total. The van der Waals surface area contributed by atoms with Crippen molar-refractivity contribution in [2.45, 2.75) is 71.0 Å². The average Bonchev–Trinajstić information content (AvgIpc) is 3.29. The number of carbonyl (C=O) groups is 2. The van der Waals surface area contributed by atoms with E-state index >= 15 is 0 Å². The number of hydrogen-bond donors (Lipinski definition) is 0. The van der Waals surface area contributed by atoms with E-state index < -0.39 is 17.5 Å². The molecule has 6 nitrogen and oxygen atoms in total. The van der Waals surface area contributed by atoms with Crippen molar-refractivity contribution in [3.05, 3.63) is 12.2 Å². The highest BCUT2D eigenvalue weighted by molar-refractivity contribution is 6.33. The van der Waals surface area contributed by atoms with Crippen LogP contribution in [-0.2, 0) is 28.5 Å². The van der Waals surface area contributed by atoms with Crippen LogP contribution in [-0.4, -0.2) is 51.6 Å². The lowest BCUT2D eigenvalue weighted by Gasteiger charge is -2.31. The summed E-state index contributed by atoms with van der Waals surface area (Å²) in [5.74, 6) is -0.828. The van der Waals surface area contributed by atoms with Crippen LogP contribution in [0.15, 0.2) is 12.2 Å². The van der Waals surface area contributed by atoms with Crippen molar-refractivity contribution >= 4 is 11.8 Å². The highest BCUT2D eigenvalue weighted by Crippen LogP contribution is 2.49. The topological polar surface area (TPSA) is 71.1 Å². The van der Waals surface area contributed by atoms with Gasteiger partial charge in [-0.3, -0.25) is 4.79 Å². The van der Waals surface area contributed by atoms with Crippen molar-refractivity contribution in [2.75, 3.05) is 34.0 Å². The number of esters is 1. The van der Waals surface area contributed by atoms with Crippen LogP contribution < -0.4 is 0 Å². The fraction of sp³-hybridized carbons (Fsp3) is 0.826. The van der Waals surface area contributed by atoms with Crippen LogP contribution in [0.25, 0.3) is 0 Å². The fourth-order valence-electron chi connectivity index (χ4n) is 4.63. The van der Waals surface area contributed by atoms with Crippen LogP contribution in [0.3, 0.4) is 0 Å². The van der Waals surface area contributed by atoms with Crippen molar-refractivity contribution in [1.82, 2.24) is 0 Å². The van der Waals surface area contributed by atoms with Crippen LogP contribution >= 0.6 is 0 Å². The number of unbranched alkanes of at least 4 members (excludes halogenated alkanes) is 2. The second-order valence-corrected chi connectivity index (χ2v) is 9.06. The van der Waals surface area contributed by atoms with E-state index in [1.54, 1.807) is 7.11 Å². The van der Waals surface area contributed by atoms with Crippen molar-refractivity contribution in [3.63, 3.8) is 0 Å². The zero-order chi connectivity index (χ0) is 21.3. The third kappa shape index (κ3) is 6.90. The number of allylic oxidation sites excluding steroid dienone is 2. The highest BCUT2D eigenvalue weighted by Gasteiger charge is 2.51. The van der Waals surface area contributed by atoms with Gasteiger partial charge in [-0.15, -0.1) is 0 Å². The molecule has 0 bridgehead atoms. The van der Waals surface area contributed by atoms with Crippen molar-refractivity contribution in [2.24, 2.45) is 17.3 Å². The van der Waals surface area contributed by atoms with E-state index in [1.807, 2.05) is 0 Å². The molecule has 1 spiro atoms. The van der Waals surface area contributed by atoms with Gasteiger partial charge in [0.25, 0.3) is 0 Å². The standard InChI is InChI=1S/C23H38O6/c1-22(2,17-26-3)13-8-9-18-12-14-23(28-15-16-29-23)19(18)10-6-5-7-11-20(24)21(25)27-4/h8-9,18-19H,5-7,10-17H2,1-4H3/t18-,19+/m0/s1. The van der Waals surface area contributed by atoms with Gasteiger partial charge in [0.05, 0.1) is 26.9 Å². The molecule has 166 valence electrons. The molecule has 1 heterocycles. The van der Waals surface area contributed by atoms with Gasteiger partial charge in [0.2, 0.25) is 5.78 Å². The van der Waals surface area contributed by atoms with Gasteiger partial charge >= 0.3 is 5.97 Å². The molecule has 2 rings (SSSR count). The maximum Gasteiger partial charge on any atom is 0.374 e. The summed E-state index contributed by atoms with van der Waals surface area (Å²) >= 11 is 0. The number of carbonyl (C=O) groups excluding carboxylic acids is 2. The van der Waals surface area contributed by atoms with E-state index in [0.29, 0.717) is 31.5 Å². The van der Waals surface area contributed by atoms with E-state index in [0.717, 1.165) is 45.1 Å². The minimum atomic E-state index is -0.742. The van der Waals surface area contributed by atoms with Crippen molar-refractivity contribution in [3.8, 4) is 0 Å². The average molecular weight is 411 g/mol. The molecule has 1 saturated heterocycles. The van der Waals surface area contributed by atoms with Gasteiger partial charge < -0.3 is 18.9 Å². The Morgan fingerprint density at radius 1 is 1.14 bits per heavy atom. The van der Waals surface area contributed by atoms with Gasteiger partial charge in [0.15, 0.2) is 5.79 Å². The molecule has 0 aromatic heterocycles. The summed E-state index contributed by atoms with van der Waals surface area (Å²) in [6, 6.07) is 0. The Morgan fingerprint density at radius 3 is 2.52 bits per heavy atom. The second-order valence-electron chi connectivity index (χ2n) is 9.06. The van der Waals surface area contributed by atoms with Crippen LogP contribution in [0.4, 0.5) is 0 Å². The summed E-state index contributed by atoms with van der Waals surface area (Å²) in [5.41, 5.74) is 0.129. The number of ketones is 1. The predicted molar refractivity (Wildman–Crippen MR) is 110 cm³/mol. The SMILES string of the molecule is COCC(C)(C)CC=C[C@H]1CCC2(OCCO2)[C@@H]1CCCCCC(=O)C(=O)OC.